The third-order valence-corrected chi connectivity index (χ3v) is 3.34. The molecule has 2 aromatic carbocycles. The summed E-state index contributed by atoms with van der Waals surface area (Å²) in [6.07, 6.45) is 0. The van der Waals surface area contributed by atoms with E-state index in [1.165, 1.54) is 0 Å². The summed E-state index contributed by atoms with van der Waals surface area (Å²) in [6.45, 7) is 3.88. The highest BCUT2D eigenvalue weighted by atomic mass is 35.5. The summed E-state index contributed by atoms with van der Waals surface area (Å²) in [5.74, 6) is -0.382. The molecule has 0 aliphatic carbocycles. The molecule has 0 saturated heterocycles. The number of rotatable bonds is 4. The van der Waals surface area contributed by atoms with Gasteiger partial charge in [-0.2, -0.15) is 0 Å². The Hall–Kier alpha value is -2.53. The van der Waals surface area contributed by atoms with E-state index in [0.29, 0.717) is 28.6 Å². The Bertz CT molecular complexity index is 714. The molecule has 0 radical (unpaired) electrons. The number of nitrogens with one attached hydrogen (secondary N) is 2. The van der Waals surface area contributed by atoms with Gasteiger partial charge in [0, 0.05) is 16.4 Å². The fourth-order valence-corrected chi connectivity index (χ4v) is 2.09. The maximum absolute atomic E-state index is 12.0. The topological polar surface area (TPSA) is 67.4 Å². The first kappa shape index (κ1) is 16.8. The fraction of sp³-hybridized carbons (Fsp3) is 0.176. The van der Waals surface area contributed by atoms with Crippen LogP contribution < -0.4 is 10.6 Å². The number of aryl methyl sites for hydroxylation is 1. The van der Waals surface area contributed by atoms with Crippen molar-refractivity contribution in [3.05, 3.63) is 58.6 Å². The van der Waals surface area contributed by atoms with E-state index in [1.54, 1.807) is 56.3 Å². The van der Waals surface area contributed by atoms with Crippen LogP contribution in [0.2, 0.25) is 5.02 Å². The van der Waals surface area contributed by atoms with Crippen LogP contribution in [0.25, 0.3) is 0 Å². The molecule has 0 unspecified atom stereocenters. The Balaban J connectivity index is 2.03. The van der Waals surface area contributed by atoms with Crippen molar-refractivity contribution in [1.29, 1.82) is 0 Å². The van der Waals surface area contributed by atoms with E-state index >= 15 is 0 Å². The number of halogens is 1. The largest absolute Gasteiger partial charge is 0.462 e. The maximum atomic E-state index is 12.0. The van der Waals surface area contributed by atoms with Gasteiger partial charge in [-0.3, -0.25) is 0 Å². The van der Waals surface area contributed by atoms with Crippen LogP contribution in [0.15, 0.2) is 42.5 Å². The molecule has 120 valence electrons. The molecule has 23 heavy (non-hydrogen) atoms. The molecule has 2 rings (SSSR count). The summed E-state index contributed by atoms with van der Waals surface area (Å²) in [5.41, 5.74) is 2.46. The second-order valence-corrected chi connectivity index (χ2v) is 5.27. The summed E-state index contributed by atoms with van der Waals surface area (Å²) >= 11 is 5.80. The third-order valence-electron chi connectivity index (χ3n) is 3.09. The van der Waals surface area contributed by atoms with Crippen LogP contribution in [0.3, 0.4) is 0 Å². The number of benzene rings is 2. The fourth-order valence-electron chi connectivity index (χ4n) is 1.96. The van der Waals surface area contributed by atoms with Crippen molar-refractivity contribution in [3.8, 4) is 0 Å². The molecule has 0 fully saturated rings. The second kappa shape index (κ2) is 7.65. The minimum Gasteiger partial charge on any atom is -0.462 e. The van der Waals surface area contributed by atoms with Crippen molar-refractivity contribution in [2.45, 2.75) is 13.8 Å². The van der Waals surface area contributed by atoms with Gasteiger partial charge in [0.1, 0.15) is 0 Å². The number of esters is 1. The van der Waals surface area contributed by atoms with Gasteiger partial charge >= 0.3 is 12.0 Å². The van der Waals surface area contributed by atoms with Crippen molar-refractivity contribution in [1.82, 2.24) is 0 Å². The molecule has 0 atom stereocenters. The average molecular weight is 333 g/mol. The van der Waals surface area contributed by atoms with Gasteiger partial charge in [0.2, 0.25) is 0 Å². The van der Waals surface area contributed by atoms with E-state index in [9.17, 15) is 9.59 Å². The van der Waals surface area contributed by atoms with Crippen molar-refractivity contribution in [2.24, 2.45) is 0 Å². The van der Waals surface area contributed by atoms with Crippen LogP contribution in [-0.4, -0.2) is 18.6 Å². The summed E-state index contributed by atoms with van der Waals surface area (Å²) in [5, 5.41) is 6.04. The van der Waals surface area contributed by atoms with Crippen molar-refractivity contribution < 1.29 is 14.3 Å². The van der Waals surface area contributed by atoms with Crippen molar-refractivity contribution in [3.63, 3.8) is 0 Å². The van der Waals surface area contributed by atoms with E-state index in [-0.39, 0.29) is 12.0 Å². The minimum absolute atomic E-state index is 0.321. The Morgan fingerprint density at radius 1 is 1.09 bits per heavy atom. The number of ether oxygens (including phenoxy) is 1. The molecule has 0 spiro atoms. The molecule has 0 heterocycles. The molecule has 6 heteroatoms. The highest BCUT2D eigenvalue weighted by molar-refractivity contribution is 6.30. The lowest BCUT2D eigenvalue weighted by Crippen LogP contribution is -2.20. The number of carbonyl (C=O) groups is 2. The number of hydrogen-bond acceptors (Lipinski definition) is 3. The number of amides is 2. The Morgan fingerprint density at radius 3 is 2.39 bits per heavy atom. The smallest absolute Gasteiger partial charge is 0.338 e. The summed E-state index contributed by atoms with van der Waals surface area (Å²) in [7, 11) is 0. The summed E-state index contributed by atoms with van der Waals surface area (Å²) in [4.78, 5) is 23.7. The van der Waals surface area contributed by atoms with Crippen LogP contribution >= 0.6 is 11.6 Å². The minimum atomic E-state index is -0.382. The van der Waals surface area contributed by atoms with E-state index in [0.717, 1.165) is 5.56 Å². The van der Waals surface area contributed by atoms with Crippen LogP contribution in [0.1, 0.15) is 22.8 Å². The molecule has 5 nitrogen and oxygen atoms in total. The molecule has 0 aliphatic rings. The first-order valence-electron chi connectivity index (χ1n) is 7.11. The molecule has 2 aromatic rings. The van der Waals surface area contributed by atoms with Gasteiger partial charge < -0.3 is 15.4 Å². The zero-order valence-electron chi connectivity index (χ0n) is 12.9. The van der Waals surface area contributed by atoms with Crippen LogP contribution in [0.5, 0.6) is 0 Å². The number of carbonyl (C=O) groups excluding carboxylic acids is 2. The zero-order chi connectivity index (χ0) is 16.8. The van der Waals surface area contributed by atoms with Gasteiger partial charge in [0.05, 0.1) is 12.2 Å². The molecular formula is C17H17ClN2O3. The SMILES string of the molecule is CCOC(=O)c1ccc(NC(=O)Nc2ccc(Cl)cc2)c(C)c1. The normalized spacial score (nSPS) is 10.0. The van der Waals surface area contributed by atoms with Gasteiger partial charge in [-0.15, -0.1) is 0 Å². The van der Waals surface area contributed by atoms with Crippen LogP contribution in [-0.2, 0) is 4.74 Å². The van der Waals surface area contributed by atoms with Gasteiger partial charge in [-0.25, -0.2) is 9.59 Å². The monoisotopic (exact) mass is 332 g/mol. The lowest BCUT2D eigenvalue weighted by atomic mass is 10.1. The average Bonchev–Trinajstić information content (AvgIpc) is 2.52. The van der Waals surface area contributed by atoms with E-state index in [4.69, 9.17) is 16.3 Å². The first-order chi connectivity index (χ1) is 11.0. The maximum Gasteiger partial charge on any atom is 0.338 e. The standard InChI is InChI=1S/C17H17ClN2O3/c1-3-23-16(21)12-4-9-15(11(2)10-12)20-17(22)19-14-7-5-13(18)6-8-14/h4-10H,3H2,1-2H3,(H2,19,20,22). The predicted molar refractivity (Wildman–Crippen MR) is 91.2 cm³/mol. The van der Waals surface area contributed by atoms with Gasteiger partial charge in [0.25, 0.3) is 0 Å². The summed E-state index contributed by atoms with van der Waals surface area (Å²) in [6, 6.07) is 11.4. The Morgan fingerprint density at radius 2 is 1.78 bits per heavy atom. The molecule has 0 saturated carbocycles. The first-order valence-corrected chi connectivity index (χ1v) is 7.48. The molecular weight excluding hydrogens is 316 g/mol. The number of hydrogen-bond donors (Lipinski definition) is 2. The van der Waals surface area contributed by atoms with Crippen molar-refractivity contribution >= 4 is 35.0 Å². The van der Waals surface area contributed by atoms with E-state index in [1.807, 2.05) is 0 Å². The molecule has 0 bridgehead atoms. The lowest BCUT2D eigenvalue weighted by molar-refractivity contribution is 0.0526. The zero-order valence-corrected chi connectivity index (χ0v) is 13.6. The molecule has 0 aromatic heterocycles. The van der Waals surface area contributed by atoms with Gasteiger partial charge in [-0.1, -0.05) is 11.6 Å². The predicted octanol–water partition coefficient (Wildman–Crippen LogP) is 4.47. The van der Waals surface area contributed by atoms with Crippen LogP contribution in [0.4, 0.5) is 16.2 Å². The number of anilines is 2. The Labute approximate surface area is 139 Å². The molecule has 2 amide bonds. The quantitative estimate of drug-likeness (QED) is 0.812. The second-order valence-electron chi connectivity index (χ2n) is 4.84. The highest BCUT2D eigenvalue weighted by Crippen LogP contribution is 2.18. The lowest BCUT2D eigenvalue weighted by Gasteiger charge is -2.11. The number of urea groups is 1. The van der Waals surface area contributed by atoms with Crippen LogP contribution in [0, 0.1) is 6.92 Å². The molecule has 0 aliphatic heterocycles. The van der Waals surface area contributed by atoms with E-state index < -0.39 is 0 Å². The third kappa shape index (κ3) is 4.72. The highest BCUT2D eigenvalue weighted by Gasteiger charge is 2.10. The molecule has 2 N–H and O–H groups in total. The van der Waals surface area contributed by atoms with Crippen molar-refractivity contribution in [2.75, 3.05) is 17.2 Å². The van der Waals surface area contributed by atoms with Gasteiger partial charge in [-0.05, 0) is 61.9 Å². The Kier molecular flexibility index (Phi) is 5.60. The van der Waals surface area contributed by atoms with E-state index in [2.05, 4.69) is 10.6 Å². The summed E-state index contributed by atoms with van der Waals surface area (Å²) < 4.78 is 4.94. The van der Waals surface area contributed by atoms with Gasteiger partial charge in [0.15, 0.2) is 0 Å².